The smallest absolute Gasteiger partial charge is 0.0316 e. The van der Waals surface area contributed by atoms with Gasteiger partial charge in [0.25, 0.3) is 0 Å². The average molecular weight is 344 g/mol. The minimum Gasteiger partial charge on any atom is -0.102 e. The molecule has 0 aliphatic heterocycles. The Morgan fingerprint density at radius 1 is 0.333 bits per heavy atom. The fraction of sp³-hybridized carbons (Fsp3) is 0. The lowest BCUT2D eigenvalue weighted by molar-refractivity contribution is 1.53. The topological polar surface area (TPSA) is 0 Å². The molecule has 0 amide bonds. The van der Waals surface area contributed by atoms with Gasteiger partial charge in [0.15, 0.2) is 0 Å². The van der Waals surface area contributed by atoms with E-state index >= 15 is 0 Å². The van der Waals surface area contributed by atoms with Crippen molar-refractivity contribution in [2.75, 3.05) is 0 Å². The molecule has 0 heterocycles. The van der Waals surface area contributed by atoms with Gasteiger partial charge in [0.1, 0.15) is 0 Å². The summed E-state index contributed by atoms with van der Waals surface area (Å²) in [5.74, 6) is 0. The minimum absolute atomic E-state index is 1.10. The number of hydrogen-bond acceptors (Lipinski definition) is 0. The second kappa shape index (κ2) is 8.19. The summed E-state index contributed by atoms with van der Waals surface area (Å²) in [4.78, 5) is 0. The molecule has 0 atom stereocenters. The van der Waals surface area contributed by atoms with Crippen LogP contribution in [0.25, 0.3) is 11.1 Å². The van der Waals surface area contributed by atoms with Crippen LogP contribution in [0.2, 0.25) is 0 Å². The molecule has 0 aliphatic carbocycles. The average Bonchev–Trinajstić information content (AvgIpc) is 2.77. The van der Waals surface area contributed by atoms with Crippen molar-refractivity contribution in [2.24, 2.45) is 0 Å². The second-order valence-corrected chi connectivity index (χ2v) is 6.34. The maximum atomic E-state index is 3.75. The lowest BCUT2D eigenvalue weighted by atomic mass is 9.93. The number of hydrogen-bond donors (Lipinski definition) is 0. The first-order chi connectivity index (χ1) is 13.4. The van der Waals surface area contributed by atoms with E-state index in [1.54, 1.807) is 0 Å². The summed E-state index contributed by atoms with van der Waals surface area (Å²) in [6.07, 6.45) is 0. The molecule has 4 aromatic carbocycles. The highest BCUT2D eigenvalue weighted by Gasteiger charge is 2.08. The summed E-state index contributed by atoms with van der Waals surface area (Å²) in [5, 5.41) is 0. The predicted molar refractivity (Wildman–Crippen MR) is 114 cm³/mol. The molecule has 0 aliphatic rings. The van der Waals surface area contributed by atoms with E-state index in [0.717, 1.165) is 33.4 Å². The molecule has 0 nitrogen and oxygen atoms in total. The molecule has 128 valence electrons. The van der Waals surface area contributed by atoms with E-state index in [-0.39, 0.29) is 0 Å². The Labute approximate surface area is 160 Å². The molecule has 0 saturated heterocycles. The van der Waals surface area contributed by atoms with E-state index in [1.165, 1.54) is 0 Å². The van der Waals surface area contributed by atoms with Crippen LogP contribution in [0.3, 0.4) is 0 Å². The van der Waals surface area contributed by atoms with Gasteiger partial charge in [0, 0.05) is 11.1 Å². The number of benzene rings is 4. The van der Waals surface area contributed by atoms with Crippen molar-refractivity contribution in [1.82, 2.24) is 0 Å². The first kappa shape index (κ1) is 16.8. The zero-order valence-corrected chi connectivity index (χ0v) is 15.0. The summed E-state index contributed by atoms with van der Waals surface area (Å²) in [7, 11) is 0. The van der Waals surface area contributed by atoms with Gasteiger partial charge >= 0.3 is 0 Å². The lowest BCUT2D eigenvalue weighted by Crippen LogP contribution is -1.90. The molecule has 4 rings (SSSR count). The van der Waals surface area contributed by atoms with Gasteiger partial charge in [0.05, 0.1) is 0 Å². The summed E-state index contributed by atoms with van der Waals surface area (Å²) < 4.78 is 0. The van der Waals surface area contributed by atoms with Gasteiger partial charge in [-0.3, -0.25) is 0 Å². The largest absolute Gasteiger partial charge is 0.102 e. The SMILES string of the molecule is C(=C(c1ccccc1)c1ccccc1)=C(c1ccccc1)c1ccccc1. The van der Waals surface area contributed by atoms with Gasteiger partial charge in [-0.25, -0.2) is 0 Å². The van der Waals surface area contributed by atoms with Crippen LogP contribution >= 0.6 is 0 Å². The molecule has 4 aromatic rings. The summed E-state index contributed by atoms with van der Waals surface area (Å²) in [6, 6.07) is 41.9. The summed E-state index contributed by atoms with van der Waals surface area (Å²) >= 11 is 0. The van der Waals surface area contributed by atoms with E-state index in [9.17, 15) is 0 Å². The molecule has 27 heavy (non-hydrogen) atoms. The van der Waals surface area contributed by atoms with Crippen molar-refractivity contribution in [2.45, 2.75) is 0 Å². The minimum atomic E-state index is 1.10. The molecule has 0 fully saturated rings. The first-order valence-corrected chi connectivity index (χ1v) is 9.14. The van der Waals surface area contributed by atoms with E-state index in [4.69, 9.17) is 0 Å². The van der Waals surface area contributed by atoms with E-state index in [1.807, 2.05) is 24.3 Å². The van der Waals surface area contributed by atoms with Gasteiger partial charge < -0.3 is 0 Å². The normalized spacial score (nSPS) is 10.1. The molecule has 0 spiro atoms. The maximum absolute atomic E-state index is 3.75. The van der Waals surface area contributed by atoms with E-state index in [2.05, 4.69) is 103 Å². The van der Waals surface area contributed by atoms with Crippen molar-refractivity contribution in [3.63, 3.8) is 0 Å². The second-order valence-electron chi connectivity index (χ2n) is 6.34. The Morgan fingerprint density at radius 3 is 0.778 bits per heavy atom. The third-order valence-corrected chi connectivity index (χ3v) is 4.50. The van der Waals surface area contributed by atoms with Crippen molar-refractivity contribution in [1.29, 1.82) is 0 Å². The van der Waals surface area contributed by atoms with Gasteiger partial charge in [-0.15, -0.1) is 5.73 Å². The molecule has 0 radical (unpaired) electrons. The summed E-state index contributed by atoms with van der Waals surface area (Å²) in [5.41, 5.74) is 10.6. The molecule has 0 unspecified atom stereocenters. The van der Waals surface area contributed by atoms with E-state index < -0.39 is 0 Å². The maximum Gasteiger partial charge on any atom is 0.0316 e. The molecular weight excluding hydrogens is 324 g/mol. The Hall–Kier alpha value is -3.60. The quantitative estimate of drug-likeness (QED) is 0.355. The van der Waals surface area contributed by atoms with Gasteiger partial charge in [-0.2, -0.15) is 0 Å². The fourth-order valence-electron chi connectivity index (χ4n) is 3.17. The van der Waals surface area contributed by atoms with Gasteiger partial charge in [-0.05, 0) is 22.3 Å². The summed E-state index contributed by atoms with van der Waals surface area (Å²) in [6.45, 7) is 0. The van der Waals surface area contributed by atoms with Gasteiger partial charge in [0.2, 0.25) is 0 Å². The Bertz CT molecular complexity index is 884. The zero-order valence-electron chi connectivity index (χ0n) is 15.0. The van der Waals surface area contributed by atoms with Crippen LogP contribution in [-0.4, -0.2) is 0 Å². The van der Waals surface area contributed by atoms with Crippen LogP contribution in [-0.2, 0) is 0 Å². The van der Waals surface area contributed by atoms with Gasteiger partial charge in [-0.1, -0.05) is 121 Å². The van der Waals surface area contributed by atoms with Crippen LogP contribution < -0.4 is 0 Å². The Morgan fingerprint density at radius 2 is 0.556 bits per heavy atom. The highest BCUT2D eigenvalue weighted by atomic mass is 14.1. The van der Waals surface area contributed by atoms with Crippen LogP contribution in [0.4, 0.5) is 0 Å². The Balaban J connectivity index is 2.05. The van der Waals surface area contributed by atoms with E-state index in [0.29, 0.717) is 0 Å². The highest BCUT2D eigenvalue weighted by molar-refractivity contribution is 5.88. The van der Waals surface area contributed by atoms with Crippen molar-refractivity contribution >= 4 is 11.1 Å². The standard InChI is InChI=1S/C27H20/c1-5-13-22(14-6-1)26(23-15-7-2-8-16-23)21-27(24-17-9-3-10-18-24)25-19-11-4-12-20-25/h1-20H. The fourth-order valence-corrected chi connectivity index (χ4v) is 3.17. The monoisotopic (exact) mass is 344 g/mol. The molecule has 0 saturated carbocycles. The number of rotatable bonds is 4. The van der Waals surface area contributed by atoms with Crippen molar-refractivity contribution < 1.29 is 0 Å². The van der Waals surface area contributed by atoms with Crippen LogP contribution in [0.1, 0.15) is 22.3 Å². The van der Waals surface area contributed by atoms with Crippen molar-refractivity contribution in [3.8, 4) is 0 Å². The predicted octanol–water partition coefficient (Wildman–Crippen LogP) is 6.85. The molecule has 0 N–H and O–H groups in total. The zero-order chi connectivity index (χ0) is 18.3. The van der Waals surface area contributed by atoms with Crippen LogP contribution in [0.15, 0.2) is 127 Å². The first-order valence-electron chi connectivity index (χ1n) is 9.14. The Kier molecular flexibility index (Phi) is 5.11. The lowest BCUT2D eigenvalue weighted by Gasteiger charge is -2.09. The molecular formula is C27H20. The van der Waals surface area contributed by atoms with Crippen LogP contribution in [0.5, 0.6) is 0 Å². The van der Waals surface area contributed by atoms with Crippen molar-refractivity contribution in [3.05, 3.63) is 149 Å². The third-order valence-electron chi connectivity index (χ3n) is 4.50. The molecule has 0 aromatic heterocycles. The van der Waals surface area contributed by atoms with Crippen LogP contribution in [0, 0.1) is 0 Å². The highest BCUT2D eigenvalue weighted by Crippen LogP contribution is 2.28. The third kappa shape index (κ3) is 3.98. The molecule has 0 heteroatoms. The molecule has 0 bridgehead atoms.